The van der Waals surface area contributed by atoms with Gasteiger partial charge in [0.25, 0.3) is 5.56 Å². The van der Waals surface area contributed by atoms with Gasteiger partial charge in [-0.25, -0.2) is 9.97 Å². The SMILES string of the molecule is COc1ccc(N2CCN(c3ncc4c(=O)n(Cc5ccco5)ccc4n3)CC2)cc1. The summed E-state index contributed by atoms with van der Waals surface area (Å²) in [6.07, 6.45) is 4.99. The van der Waals surface area contributed by atoms with Crippen LogP contribution < -0.4 is 20.1 Å². The average molecular weight is 417 g/mol. The monoisotopic (exact) mass is 417 g/mol. The topological polar surface area (TPSA) is 76.6 Å². The lowest BCUT2D eigenvalue weighted by Crippen LogP contribution is -2.47. The minimum Gasteiger partial charge on any atom is -0.497 e. The van der Waals surface area contributed by atoms with Crippen molar-refractivity contribution in [3.05, 3.63) is 77.2 Å². The molecule has 1 aliphatic heterocycles. The highest BCUT2D eigenvalue weighted by molar-refractivity contribution is 5.77. The van der Waals surface area contributed by atoms with Gasteiger partial charge in [0.05, 0.1) is 30.8 Å². The number of aromatic nitrogens is 3. The summed E-state index contributed by atoms with van der Waals surface area (Å²) in [7, 11) is 1.67. The molecule has 4 heterocycles. The second-order valence-electron chi connectivity index (χ2n) is 7.47. The van der Waals surface area contributed by atoms with E-state index in [0.717, 1.165) is 37.7 Å². The van der Waals surface area contributed by atoms with Gasteiger partial charge in [-0.15, -0.1) is 0 Å². The summed E-state index contributed by atoms with van der Waals surface area (Å²) in [5, 5.41) is 0.509. The summed E-state index contributed by atoms with van der Waals surface area (Å²) in [5.41, 5.74) is 1.71. The zero-order valence-corrected chi connectivity index (χ0v) is 17.3. The van der Waals surface area contributed by atoms with Gasteiger partial charge in [-0.05, 0) is 42.5 Å². The number of hydrogen-bond acceptors (Lipinski definition) is 7. The molecule has 0 amide bonds. The molecule has 1 aromatic carbocycles. The van der Waals surface area contributed by atoms with Crippen LogP contribution in [0.5, 0.6) is 5.75 Å². The van der Waals surface area contributed by atoms with Crippen LogP contribution in [-0.4, -0.2) is 47.8 Å². The highest BCUT2D eigenvalue weighted by Gasteiger charge is 2.20. The highest BCUT2D eigenvalue weighted by Crippen LogP contribution is 2.22. The number of piperazine rings is 1. The van der Waals surface area contributed by atoms with Crippen molar-refractivity contribution in [3.63, 3.8) is 0 Å². The first-order valence-corrected chi connectivity index (χ1v) is 10.2. The Morgan fingerprint density at radius 3 is 2.52 bits per heavy atom. The number of ether oxygens (including phenoxy) is 1. The Hall–Kier alpha value is -3.81. The van der Waals surface area contributed by atoms with E-state index in [4.69, 9.17) is 9.15 Å². The van der Waals surface area contributed by atoms with E-state index in [1.165, 1.54) is 5.69 Å². The molecule has 0 atom stereocenters. The summed E-state index contributed by atoms with van der Waals surface area (Å²) in [5.74, 6) is 2.24. The fourth-order valence-corrected chi connectivity index (χ4v) is 3.87. The third-order valence-corrected chi connectivity index (χ3v) is 5.62. The molecule has 0 spiro atoms. The van der Waals surface area contributed by atoms with Gasteiger partial charge < -0.3 is 23.5 Å². The van der Waals surface area contributed by atoms with Crippen molar-refractivity contribution in [1.29, 1.82) is 0 Å². The fraction of sp³-hybridized carbons (Fsp3) is 0.261. The molecule has 8 nitrogen and oxygen atoms in total. The van der Waals surface area contributed by atoms with Crippen LogP contribution in [0.15, 0.2) is 70.3 Å². The third-order valence-electron chi connectivity index (χ3n) is 5.62. The first kappa shape index (κ1) is 19.2. The van der Waals surface area contributed by atoms with Crippen LogP contribution in [0.3, 0.4) is 0 Å². The van der Waals surface area contributed by atoms with Crippen molar-refractivity contribution in [2.24, 2.45) is 0 Å². The van der Waals surface area contributed by atoms with Gasteiger partial charge >= 0.3 is 0 Å². The second kappa shape index (κ2) is 8.14. The van der Waals surface area contributed by atoms with Crippen LogP contribution >= 0.6 is 0 Å². The van der Waals surface area contributed by atoms with E-state index < -0.39 is 0 Å². The Balaban J connectivity index is 1.31. The van der Waals surface area contributed by atoms with E-state index in [-0.39, 0.29) is 5.56 Å². The van der Waals surface area contributed by atoms with Gasteiger partial charge in [-0.2, -0.15) is 0 Å². The lowest BCUT2D eigenvalue weighted by atomic mass is 10.2. The van der Waals surface area contributed by atoms with E-state index in [1.54, 1.807) is 30.3 Å². The zero-order chi connectivity index (χ0) is 21.2. The normalized spacial score (nSPS) is 14.2. The van der Waals surface area contributed by atoms with Crippen molar-refractivity contribution in [3.8, 4) is 5.75 Å². The van der Waals surface area contributed by atoms with Gasteiger partial charge in [0.1, 0.15) is 11.5 Å². The van der Waals surface area contributed by atoms with E-state index in [9.17, 15) is 4.79 Å². The molecular formula is C23H23N5O3. The third kappa shape index (κ3) is 3.84. The molecule has 4 aromatic rings. The number of furan rings is 1. The molecule has 1 saturated heterocycles. The number of nitrogens with zero attached hydrogens (tertiary/aromatic N) is 5. The maximum Gasteiger partial charge on any atom is 0.261 e. The Bertz CT molecular complexity index is 1230. The first-order valence-electron chi connectivity index (χ1n) is 10.2. The fourth-order valence-electron chi connectivity index (χ4n) is 3.87. The maximum absolute atomic E-state index is 12.8. The number of fused-ring (bicyclic) bond motifs is 1. The van der Waals surface area contributed by atoms with Crippen LogP contribution in [0.25, 0.3) is 10.9 Å². The highest BCUT2D eigenvalue weighted by atomic mass is 16.5. The molecule has 8 heteroatoms. The molecule has 31 heavy (non-hydrogen) atoms. The van der Waals surface area contributed by atoms with Gasteiger partial charge in [0.2, 0.25) is 5.95 Å². The molecule has 158 valence electrons. The Kier molecular flexibility index (Phi) is 5.03. The largest absolute Gasteiger partial charge is 0.497 e. The lowest BCUT2D eigenvalue weighted by Gasteiger charge is -2.36. The van der Waals surface area contributed by atoms with Crippen LogP contribution in [-0.2, 0) is 6.54 Å². The molecule has 0 saturated carbocycles. The molecule has 0 aliphatic carbocycles. The molecule has 0 unspecified atom stereocenters. The van der Waals surface area contributed by atoms with Crippen LogP contribution in [0.4, 0.5) is 11.6 Å². The second-order valence-corrected chi connectivity index (χ2v) is 7.47. The maximum atomic E-state index is 12.8. The van der Waals surface area contributed by atoms with E-state index in [1.807, 2.05) is 30.3 Å². The molecule has 0 bridgehead atoms. The van der Waals surface area contributed by atoms with E-state index >= 15 is 0 Å². The van der Waals surface area contributed by atoms with E-state index in [0.29, 0.717) is 23.4 Å². The first-order chi connectivity index (χ1) is 15.2. The van der Waals surface area contributed by atoms with Crippen LogP contribution in [0.1, 0.15) is 5.76 Å². The molecule has 5 rings (SSSR count). The van der Waals surface area contributed by atoms with Gasteiger partial charge in [-0.3, -0.25) is 4.79 Å². The number of pyridine rings is 1. The van der Waals surface area contributed by atoms with Gasteiger partial charge in [0, 0.05) is 44.3 Å². The number of methoxy groups -OCH3 is 1. The smallest absolute Gasteiger partial charge is 0.261 e. The van der Waals surface area contributed by atoms with Crippen molar-refractivity contribution >= 4 is 22.5 Å². The predicted octanol–water partition coefficient (Wildman–Crippen LogP) is 2.77. The molecule has 1 aliphatic rings. The van der Waals surface area contributed by atoms with Crippen molar-refractivity contribution in [1.82, 2.24) is 14.5 Å². The van der Waals surface area contributed by atoms with Gasteiger partial charge in [-0.1, -0.05) is 0 Å². The van der Waals surface area contributed by atoms with Crippen LogP contribution in [0, 0.1) is 0 Å². The quantitative estimate of drug-likeness (QED) is 0.494. The number of rotatable bonds is 5. The number of benzene rings is 1. The Morgan fingerprint density at radius 1 is 1.03 bits per heavy atom. The standard InChI is InChI=1S/C23H23N5O3/c1-30-18-6-4-17(5-7-18)26-10-12-27(13-11-26)23-24-15-20-21(25-23)8-9-28(22(20)29)16-19-3-2-14-31-19/h2-9,14-15H,10-13,16H2,1H3. The number of anilines is 2. The molecule has 0 N–H and O–H groups in total. The molecule has 3 aromatic heterocycles. The average Bonchev–Trinajstić information content (AvgIpc) is 3.34. The molecule has 1 fully saturated rings. The van der Waals surface area contributed by atoms with Gasteiger partial charge in [0.15, 0.2) is 0 Å². The predicted molar refractivity (Wildman–Crippen MR) is 119 cm³/mol. The summed E-state index contributed by atoms with van der Waals surface area (Å²) >= 11 is 0. The van der Waals surface area contributed by atoms with Crippen LogP contribution in [0.2, 0.25) is 0 Å². The summed E-state index contributed by atoms with van der Waals surface area (Å²) in [6, 6.07) is 13.6. The molecule has 0 radical (unpaired) electrons. The summed E-state index contributed by atoms with van der Waals surface area (Å²) < 4.78 is 12.2. The van der Waals surface area contributed by atoms with Crippen molar-refractivity contribution < 1.29 is 9.15 Å². The zero-order valence-electron chi connectivity index (χ0n) is 17.3. The Labute approximate surface area is 179 Å². The van der Waals surface area contributed by atoms with Crippen molar-refractivity contribution in [2.75, 3.05) is 43.1 Å². The van der Waals surface area contributed by atoms with E-state index in [2.05, 4.69) is 31.9 Å². The molecular weight excluding hydrogens is 394 g/mol. The van der Waals surface area contributed by atoms with Crippen molar-refractivity contribution in [2.45, 2.75) is 6.54 Å². The lowest BCUT2D eigenvalue weighted by molar-refractivity contribution is 0.415. The minimum atomic E-state index is -0.121. The Morgan fingerprint density at radius 2 is 1.81 bits per heavy atom. The summed E-state index contributed by atoms with van der Waals surface area (Å²) in [6.45, 7) is 3.76. The minimum absolute atomic E-state index is 0.121. The number of hydrogen-bond donors (Lipinski definition) is 0. The summed E-state index contributed by atoms with van der Waals surface area (Å²) in [4.78, 5) is 26.5.